The van der Waals surface area contributed by atoms with Gasteiger partial charge in [-0.05, 0) is 50.1 Å². The molecule has 8 heteroatoms. The van der Waals surface area contributed by atoms with Gasteiger partial charge >= 0.3 is 0 Å². The Labute approximate surface area is 183 Å². The number of aromatic nitrogens is 1. The first-order valence-corrected chi connectivity index (χ1v) is 9.25. The van der Waals surface area contributed by atoms with Crippen molar-refractivity contribution in [1.82, 2.24) is 4.98 Å². The van der Waals surface area contributed by atoms with Gasteiger partial charge in [-0.15, -0.1) is 24.8 Å². The molecule has 0 aliphatic heterocycles. The molecule has 2 aromatic rings. The molecule has 1 aromatic carbocycles. The molecule has 0 saturated heterocycles. The van der Waals surface area contributed by atoms with Crippen molar-refractivity contribution >= 4 is 48.0 Å². The van der Waals surface area contributed by atoms with Crippen LogP contribution in [0.15, 0.2) is 42.6 Å². The zero-order valence-electron chi connectivity index (χ0n) is 15.7. The molecule has 154 valence electrons. The Morgan fingerprint density at radius 1 is 1.32 bits per heavy atom. The van der Waals surface area contributed by atoms with Gasteiger partial charge in [-0.25, -0.2) is 0 Å². The van der Waals surface area contributed by atoms with Crippen LogP contribution in [0.3, 0.4) is 0 Å². The second kappa shape index (κ2) is 10.9. The second-order valence-corrected chi connectivity index (χ2v) is 7.46. The van der Waals surface area contributed by atoms with Crippen LogP contribution in [0.2, 0.25) is 5.02 Å². The van der Waals surface area contributed by atoms with Crippen LogP contribution in [0.4, 0.5) is 5.69 Å². The fourth-order valence-electron chi connectivity index (χ4n) is 3.35. The number of carbonyl (C=O) groups excluding carboxylic acids is 1. The first-order chi connectivity index (χ1) is 12.5. The molecule has 0 bridgehead atoms. The fourth-order valence-corrected chi connectivity index (χ4v) is 3.58. The molecule has 3 rings (SSSR count). The third-order valence-electron chi connectivity index (χ3n) is 4.87. The number of anilines is 1. The molecule has 1 heterocycles. The molecule has 0 radical (unpaired) electrons. The van der Waals surface area contributed by atoms with E-state index in [0.29, 0.717) is 23.1 Å². The van der Waals surface area contributed by atoms with E-state index in [1.165, 1.54) is 0 Å². The minimum absolute atomic E-state index is 0. The number of halogens is 3. The molecule has 1 aliphatic carbocycles. The Bertz CT molecular complexity index is 773. The normalized spacial score (nSPS) is 21.0. The lowest BCUT2D eigenvalue weighted by Gasteiger charge is -2.37. The van der Waals surface area contributed by atoms with Crippen molar-refractivity contribution in [2.75, 3.05) is 5.32 Å². The summed E-state index contributed by atoms with van der Waals surface area (Å²) in [7, 11) is 0. The van der Waals surface area contributed by atoms with Crippen LogP contribution < -0.4 is 15.8 Å². The topological polar surface area (TPSA) is 77.2 Å². The lowest BCUT2D eigenvalue weighted by molar-refractivity contribution is -0.122. The summed E-state index contributed by atoms with van der Waals surface area (Å²) in [6.07, 6.45) is 5.51. The minimum atomic E-state index is -0.460. The van der Waals surface area contributed by atoms with Crippen LogP contribution in [-0.4, -0.2) is 16.4 Å². The van der Waals surface area contributed by atoms with Gasteiger partial charge in [0.2, 0.25) is 5.91 Å². The maximum Gasteiger partial charge on any atom is 0.229 e. The van der Waals surface area contributed by atoms with Gasteiger partial charge in [0.25, 0.3) is 0 Å². The first kappa shape index (κ1) is 24.5. The molecule has 28 heavy (non-hydrogen) atoms. The summed E-state index contributed by atoms with van der Waals surface area (Å²) in [4.78, 5) is 16.8. The molecule has 1 saturated carbocycles. The number of nitrogens with zero attached hydrogens (tertiary/aromatic N) is 1. The molecular formula is C20H26Cl3N3O2. The summed E-state index contributed by atoms with van der Waals surface area (Å²) in [5, 5.41) is 3.38. The summed E-state index contributed by atoms with van der Waals surface area (Å²) in [6.45, 7) is 2.29. The average Bonchev–Trinajstić information content (AvgIpc) is 2.61. The maximum atomic E-state index is 12.6. The van der Waals surface area contributed by atoms with E-state index < -0.39 is 5.54 Å². The van der Waals surface area contributed by atoms with Crippen LogP contribution in [0.1, 0.15) is 38.3 Å². The van der Waals surface area contributed by atoms with Crippen LogP contribution in [0, 0.1) is 5.92 Å². The summed E-state index contributed by atoms with van der Waals surface area (Å²) in [5.74, 6) is 0.319. The highest BCUT2D eigenvalue weighted by Gasteiger charge is 2.37. The number of hydrogen-bond donors (Lipinski definition) is 2. The quantitative estimate of drug-likeness (QED) is 0.677. The van der Waals surface area contributed by atoms with Crippen LogP contribution in [0.25, 0.3) is 0 Å². The number of hydrogen-bond acceptors (Lipinski definition) is 4. The molecule has 2 atom stereocenters. The Morgan fingerprint density at radius 3 is 2.75 bits per heavy atom. The summed E-state index contributed by atoms with van der Waals surface area (Å²) < 4.78 is 5.71. The van der Waals surface area contributed by atoms with Gasteiger partial charge in [0, 0.05) is 17.4 Å². The number of rotatable bonds is 5. The number of pyridine rings is 1. The van der Waals surface area contributed by atoms with Crippen molar-refractivity contribution in [3.05, 3.63) is 53.3 Å². The molecule has 5 nitrogen and oxygen atoms in total. The highest BCUT2D eigenvalue weighted by Crippen LogP contribution is 2.33. The number of nitrogens with one attached hydrogen (secondary N) is 1. The average molecular weight is 447 g/mol. The van der Waals surface area contributed by atoms with Crippen molar-refractivity contribution in [1.29, 1.82) is 0 Å². The maximum absolute atomic E-state index is 12.6. The minimum Gasteiger partial charge on any atom is -0.486 e. The SMILES string of the molecule is CC1(N)CCCCC1C(=O)Nc1ccc(OCc2ccccn2)c(Cl)c1.Cl.Cl. The van der Waals surface area contributed by atoms with E-state index in [1.54, 1.807) is 24.4 Å². The number of carbonyl (C=O) groups is 1. The van der Waals surface area contributed by atoms with Crippen molar-refractivity contribution < 1.29 is 9.53 Å². The zero-order valence-corrected chi connectivity index (χ0v) is 18.1. The fraction of sp³-hybridized carbons (Fsp3) is 0.400. The number of nitrogens with two attached hydrogens (primary N) is 1. The van der Waals surface area contributed by atoms with E-state index in [2.05, 4.69) is 10.3 Å². The van der Waals surface area contributed by atoms with Crippen molar-refractivity contribution in [3.8, 4) is 5.75 Å². The monoisotopic (exact) mass is 445 g/mol. The lowest BCUT2D eigenvalue weighted by Crippen LogP contribution is -2.51. The van der Waals surface area contributed by atoms with Gasteiger partial charge < -0.3 is 15.8 Å². The highest BCUT2D eigenvalue weighted by molar-refractivity contribution is 6.32. The smallest absolute Gasteiger partial charge is 0.229 e. The molecule has 1 aromatic heterocycles. The van der Waals surface area contributed by atoms with Gasteiger partial charge in [0.1, 0.15) is 12.4 Å². The number of ether oxygens (including phenoxy) is 1. The number of amides is 1. The van der Waals surface area contributed by atoms with E-state index >= 15 is 0 Å². The third kappa shape index (κ3) is 6.24. The Hall–Kier alpha value is -1.53. The molecule has 0 spiro atoms. The highest BCUT2D eigenvalue weighted by atomic mass is 35.5. The predicted octanol–water partition coefficient (Wildman–Crippen LogP) is 5.00. The van der Waals surface area contributed by atoms with Crippen LogP contribution >= 0.6 is 36.4 Å². The van der Waals surface area contributed by atoms with Crippen molar-refractivity contribution in [3.63, 3.8) is 0 Å². The van der Waals surface area contributed by atoms with Gasteiger partial charge in [0.15, 0.2) is 0 Å². The molecule has 1 aliphatic rings. The standard InChI is InChI=1S/C20H24ClN3O2.2ClH/c1-20(22)10-4-2-7-16(20)19(25)24-14-8-9-18(17(21)12-14)26-13-15-6-3-5-11-23-15;;/h3,5-6,8-9,11-12,16H,2,4,7,10,13,22H2,1H3,(H,24,25);2*1H. The Kier molecular flexibility index (Phi) is 9.51. The van der Waals surface area contributed by atoms with Crippen molar-refractivity contribution in [2.45, 2.75) is 44.8 Å². The Balaban J connectivity index is 0.00000196. The molecular weight excluding hydrogens is 421 g/mol. The Morgan fingerprint density at radius 2 is 2.11 bits per heavy atom. The molecule has 1 fully saturated rings. The van der Waals surface area contributed by atoms with Gasteiger partial charge in [0.05, 0.1) is 16.6 Å². The van der Waals surface area contributed by atoms with E-state index in [9.17, 15) is 4.79 Å². The lowest BCUT2D eigenvalue weighted by atomic mass is 9.74. The first-order valence-electron chi connectivity index (χ1n) is 8.88. The molecule has 1 amide bonds. The zero-order chi connectivity index (χ0) is 18.6. The van der Waals surface area contributed by atoms with E-state index in [-0.39, 0.29) is 36.6 Å². The second-order valence-electron chi connectivity index (χ2n) is 7.05. The van der Waals surface area contributed by atoms with Crippen molar-refractivity contribution in [2.24, 2.45) is 11.7 Å². The van der Waals surface area contributed by atoms with E-state index in [4.69, 9.17) is 22.1 Å². The van der Waals surface area contributed by atoms with Gasteiger partial charge in [-0.3, -0.25) is 9.78 Å². The van der Waals surface area contributed by atoms with E-state index in [1.807, 2.05) is 25.1 Å². The summed E-state index contributed by atoms with van der Waals surface area (Å²) in [6, 6.07) is 10.9. The molecule has 2 unspecified atom stereocenters. The van der Waals surface area contributed by atoms with Gasteiger partial charge in [-0.2, -0.15) is 0 Å². The number of benzene rings is 1. The summed E-state index contributed by atoms with van der Waals surface area (Å²) in [5.41, 5.74) is 7.32. The van der Waals surface area contributed by atoms with E-state index in [0.717, 1.165) is 31.4 Å². The third-order valence-corrected chi connectivity index (χ3v) is 5.17. The predicted molar refractivity (Wildman–Crippen MR) is 118 cm³/mol. The molecule has 3 N–H and O–H groups in total. The van der Waals surface area contributed by atoms with Crippen LogP contribution in [-0.2, 0) is 11.4 Å². The summed E-state index contributed by atoms with van der Waals surface area (Å²) >= 11 is 6.30. The largest absolute Gasteiger partial charge is 0.486 e. The van der Waals surface area contributed by atoms with Gasteiger partial charge in [-0.1, -0.05) is 30.5 Å². The van der Waals surface area contributed by atoms with Crippen LogP contribution in [0.5, 0.6) is 5.75 Å².